The van der Waals surface area contributed by atoms with Crippen LogP contribution >= 0.6 is 0 Å². The first-order valence-electron chi connectivity index (χ1n) is 20.5. The van der Waals surface area contributed by atoms with E-state index >= 15 is 0 Å². The number of nitrogens with zero attached hydrogens (tertiary/aromatic N) is 1. The molecule has 0 unspecified atom stereocenters. The summed E-state index contributed by atoms with van der Waals surface area (Å²) < 4.78 is 113. The van der Waals surface area contributed by atoms with E-state index in [-0.39, 0.29) is 33.4 Å². The summed E-state index contributed by atoms with van der Waals surface area (Å²) >= 11 is 0. The average Bonchev–Trinajstić information content (AvgIpc) is 3.81. The van der Waals surface area contributed by atoms with Crippen LogP contribution in [0.15, 0.2) is 172 Å². The van der Waals surface area contributed by atoms with Crippen LogP contribution in [0.25, 0.3) is 76.5 Å². The van der Waals surface area contributed by atoms with Crippen molar-refractivity contribution in [1.82, 2.24) is 0 Å². The summed E-state index contributed by atoms with van der Waals surface area (Å²) in [5, 5.41) is 3.86. The zero-order chi connectivity index (χ0) is 40.5. The van der Waals surface area contributed by atoms with Gasteiger partial charge in [0.15, 0.2) is 0 Å². The van der Waals surface area contributed by atoms with E-state index in [0.717, 1.165) is 21.5 Å². The van der Waals surface area contributed by atoms with E-state index in [0.29, 0.717) is 38.7 Å². The van der Waals surface area contributed by atoms with Crippen LogP contribution < -0.4 is 4.90 Å². The quantitative estimate of drug-likeness (QED) is 0.198. The molecule has 0 amide bonds. The Kier molecular flexibility index (Phi) is 3.74. The monoisotopic (exact) mass is 612 g/mol. The largest absolute Gasteiger partial charge is 0.456 e. The number of furan rings is 2. The van der Waals surface area contributed by atoms with E-state index in [9.17, 15) is 6.85 Å². The maximum atomic E-state index is 9.62. The van der Waals surface area contributed by atoms with E-state index in [4.69, 9.17) is 17.1 Å². The summed E-state index contributed by atoms with van der Waals surface area (Å²) in [5.74, 6) is 0. The average molecular weight is 613 g/mol. The van der Waals surface area contributed by atoms with Gasteiger partial charge in [-0.15, -0.1) is 0 Å². The lowest BCUT2D eigenvalue weighted by Crippen LogP contribution is -2.10. The van der Waals surface area contributed by atoms with Crippen LogP contribution in [0, 0.1) is 0 Å². The Hall–Kier alpha value is -6.32. The zero-order valence-electron chi connectivity index (χ0n) is 35.5. The van der Waals surface area contributed by atoms with Crippen molar-refractivity contribution in [1.29, 1.82) is 0 Å². The first kappa shape index (κ1) is 17.4. The molecule has 0 aliphatic carbocycles. The molecule has 47 heavy (non-hydrogen) atoms. The molecule has 0 aliphatic heterocycles. The zero-order valence-corrected chi connectivity index (χ0v) is 24.5. The fourth-order valence-electron chi connectivity index (χ4n) is 6.48. The second-order valence-electron chi connectivity index (χ2n) is 11.3. The SMILES string of the molecule is [2H]c1c([2H])c(N(c2c([2H])c([2H])c([2H])c3c([2H])c([2H])c([2H])c([2H])c23)c2cccc3oc4c5ccccc5ccc4c23)c([2H])c([2H])c1-c1ccc2c(c1)oc1ccccc12. The summed E-state index contributed by atoms with van der Waals surface area (Å²) in [6.07, 6.45) is 0. The Balaban J connectivity index is 1.34. The van der Waals surface area contributed by atoms with Crippen LogP contribution in [0.3, 0.4) is 0 Å². The lowest BCUT2D eigenvalue weighted by atomic mass is 10.0. The van der Waals surface area contributed by atoms with Gasteiger partial charge < -0.3 is 13.7 Å². The van der Waals surface area contributed by atoms with Crippen molar-refractivity contribution in [3.63, 3.8) is 0 Å². The summed E-state index contributed by atoms with van der Waals surface area (Å²) in [5.41, 5.74) is 1.93. The molecule has 3 nitrogen and oxygen atoms in total. The third-order valence-electron chi connectivity index (χ3n) is 8.63. The number of hydrogen-bond acceptors (Lipinski definition) is 3. The predicted molar refractivity (Wildman–Crippen MR) is 196 cm³/mol. The fraction of sp³-hybridized carbons (Fsp3) is 0. The Morgan fingerprint density at radius 3 is 2.15 bits per heavy atom. The summed E-state index contributed by atoms with van der Waals surface area (Å²) in [6.45, 7) is 0. The van der Waals surface area contributed by atoms with Gasteiger partial charge in [0, 0.05) is 32.6 Å². The molecule has 0 saturated carbocycles. The van der Waals surface area contributed by atoms with Crippen molar-refractivity contribution in [2.75, 3.05) is 4.90 Å². The molecule has 0 radical (unpaired) electrons. The number of fused-ring (bicyclic) bond motifs is 9. The fourth-order valence-corrected chi connectivity index (χ4v) is 6.48. The number of rotatable bonds is 4. The van der Waals surface area contributed by atoms with Crippen molar-refractivity contribution in [3.8, 4) is 11.1 Å². The van der Waals surface area contributed by atoms with Gasteiger partial charge in [0.1, 0.15) is 22.3 Å². The van der Waals surface area contributed by atoms with Crippen LogP contribution in [0.5, 0.6) is 0 Å². The Morgan fingerprint density at radius 2 is 1.21 bits per heavy atom. The Labute approximate surface area is 285 Å². The number of benzene rings is 8. The van der Waals surface area contributed by atoms with Gasteiger partial charge in [-0.3, -0.25) is 0 Å². The van der Waals surface area contributed by atoms with E-state index in [1.807, 2.05) is 60.7 Å². The molecular weight excluding hydrogens is 574 g/mol. The topological polar surface area (TPSA) is 29.5 Å². The molecule has 0 saturated heterocycles. The van der Waals surface area contributed by atoms with E-state index < -0.39 is 66.5 Å². The van der Waals surface area contributed by atoms with Crippen molar-refractivity contribution in [3.05, 3.63) is 164 Å². The van der Waals surface area contributed by atoms with Crippen LogP contribution in [-0.4, -0.2) is 0 Å². The van der Waals surface area contributed by atoms with Gasteiger partial charge in [0.2, 0.25) is 0 Å². The summed E-state index contributed by atoms with van der Waals surface area (Å²) in [6, 6.07) is 22.9. The van der Waals surface area contributed by atoms with Crippen LogP contribution in [0.2, 0.25) is 0 Å². The summed E-state index contributed by atoms with van der Waals surface area (Å²) in [4.78, 5) is 1.27. The van der Waals surface area contributed by atoms with Gasteiger partial charge in [-0.2, -0.15) is 0 Å². The third kappa shape index (κ3) is 4.00. The maximum Gasteiger partial charge on any atom is 0.143 e. The minimum absolute atomic E-state index is 0.0138. The number of para-hydroxylation sites is 1. The van der Waals surface area contributed by atoms with Gasteiger partial charge in [0.05, 0.1) is 31.8 Å². The lowest BCUT2D eigenvalue weighted by Gasteiger charge is -2.27. The van der Waals surface area contributed by atoms with Gasteiger partial charge in [0.25, 0.3) is 0 Å². The molecule has 0 bridgehead atoms. The molecule has 2 heterocycles. The van der Waals surface area contributed by atoms with Gasteiger partial charge in [-0.25, -0.2) is 0 Å². The van der Waals surface area contributed by atoms with Crippen molar-refractivity contribution in [2.45, 2.75) is 0 Å². The molecule has 10 rings (SSSR count). The predicted octanol–water partition coefficient (Wildman–Crippen LogP) is 12.9. The minimum atomic E-state index is -0.654. The number of hydrogen-bond donors (Lipinski definition) is 0. The number of anilines is 3. The lowest BCUT2D eigenvalue weighted by molar-refractivity contribution is 0.669. The Morgan fingerprint density at radius 1 is 0.447 bits per heavy atom. The molecule has 2 aromatic heterocycles. The highest BCUT2D eigenvalue weighted by Gasteiger charge is 2.21. The van der Waals surface area contributed by atoms with Gasteiger partial charge in [-0.05, 0) is 76.4 Å². The highest BCUT2D eigenvalue weighted by atomic mass is 16.3. The first-order chi connectivity index (χ1) is 27.9. The van der Waals surface area contributed by atoms with Crippen LogP contribution in [0.4, 0.5) is 17.1 Å². The molecule has 0 spiro atoms. The van der Waals surface area contributed by atoms with Crippen molar-refractivity contribution >= 4 is 82.5 Å². The van der Waals surface area contributed by atoms with Crippen molar-refractivity contribution in [2.24, 2.45) is 0 Å². The van der Waals surface area contributed by atoms with Gasteiger partial charge in [-0.1, -0.05) is 109 Å². The molecule has 8 aromatic carbocycles. The van der Waals surface area contributed by atoms with Crippen LogP contribution in [-0.2, 0) is 0 Å². The minimum Gasteiger partial charge on any atom is -0.456 e. The van der Waals surface area contributed by atoms with E-state index in [1.165, 1.54) is 4.90 Å². The molecule has 10 aromatic rings. The van der Waals surface area contributed by atoms with E-state index in [1.54, 1.807) is 36.4 Å². The molecule has 0 N–H and O–H groups in total. The molecule has 0 aliphatic rings. The molecule has 220 valence electrons. The molecule has 0 atom stereocenters. The van der Waals surface area contributed by atoms with Crippen molar-refractivity contribution < 1.29 is 23.9 Å². The second-order valence-corrected chi connectivity index (χ2v) is 11.3. The third-order valence-corrected chi connectivity index (χ3v) is 8.63. The highest BCUT2D eigenvalue weighted by molar-refractivity contribution is 6.20. The second kappa shape index (κ2) is 10.1. The normalized spacial score (nSPS) is 15.1. The first-order valence-corrected chi connectivity index (χ1v) is 15.0. The smallest absolute Gasteiger partial charge is 0.143 e. The maximum absolute atomic E-state index is 9.62. The molecule has 0 fully saturated rings. The van der Waals surface area contributed by atoms with Crippen LogP contribution in [0.1, 0.15) is 15.1 Å². The Bertz CT molecular complexity index is 3410. The van der Waals surface area contributed by atoms with E-state index in [2.05, 4.69) is 0 Å². The standard InChI is InChI=1S/C44H27NO2/c1-3-12-33-29(9-1)11-7-15-38(33)45(39-16-8-18-41-43(39)37-26-21-30-10-2-4-13-34(30)44(37)47-41)32-23-19-28(20-24-32)31-22-25-36-35-14-5-6-17-40(35)46-42(36)27-31/h1-27H/i1D,3D,7D,9D,11D,12D,15D,19D,20D,23D,24D. The highest BCUT2D eigenvalue weighted by Crippen LogP contribution is 2.46. The molecular formula is C44H27NO2. The molecule has 3 heteroatoms. The van der Waals surface area contributed by atoms with Gasteiger partial charge >= 0.3 is 0 Å². The summed E-state index contributed by atoms with van der Waals surface area (Å²) in [7, 11) is 0.